The van der Waals surface area contributed by atoms with Crippen LogP contribution >= 0.6 is 11.6 Å². The van der Waals surface area contributed by atoms with Crippen LogP contribution in [0.1, 0.15) is 16.7 Å². The molecule has 0 bridgehead atoms. The average Bonchev–Trinajstić information content (AvgIpc) is 2.48. The topological polar surface area (TPSA) is 18.5 Å². The van der Waals surface area contributed by atoms with Crippen molar-refractivity contribution in [2.24, 2.45) is 0 Å². The summed E-state index contributed by atoms with van der Waals surface area (Å²) in [5, 5.41) is 0. The third kappa shape index (κ3) is 3.42. The summed E-state index contributed by atoms with van der Waals surface area (Å²) in [6.45, 7) is 2.23. The number of benzene rings is 2. The van der Waals surface area contributed by atoms with E-state index >= 15 is 0 Å². The fourth-order valence-electron chi connectivity index (χ4n) is 1.88. The maximum atomic E-state index is 13.2. The van der Waals surface area contributed by atoms with Crippen molar-refractivity contribution in [2.45, 2.75) is 19.4 Å². The normalized spacial score (nSPS) is 10.4. The highest BCUT2D eigenvalue weighted by Gasteiger charge is 2.07. The van der Waals surface area contributed by atoms with E-state index in [0.29, 0.717) is 18.2 Å². The summed E-state index contributed by atoms with van der Waals surface area (Å²) < 4.78 is 24.1. The van der Waals surface area contributed by atoms with E-state index in [1.165, 1.54) is 12.1 Å². The standard InChI is InChI=1S/C16H16ClFO2/c1-11-3-4-14(18)7-13(11)10-20-16-6-5-15(19-2)8-12(16)9-17/h3-8H,9-10H2,1-2H3. The van der Waals surface area contributed by atoms with Crippen LogP contribution in [0.4, 0.5) is 4.39 Å². The lowest BCUT2D eigenvalue weighted by molar-refractivity contribution is 0.301. The number of hydrogen-bond donors (Lipinski definition) is 0. The van der Waals surface area contributed by atoms with Crippen molar-refractivity contribution in [3.63, 3.8) is 0 Å². The second-order valence-corrected chi connectivity index (χ2v) is 4.73. The average molecular weight is 295 g/mol. The third-order valence-corrected chi connectivity index (χ3v) is 3.39. The first-order chi connectivity index (χ1) is 9.63. The highest BCUT2D eigenvalue weighted by Crippen LogP contribution is 2.26. The molecule has 20 heavy (non-hydrogen) atoms. The molecule has 0 radical (unpaired) electrons. The monoisotopic (exact) mass is 294 g/mol. The molecule has 0 atom stereocenters. The molecule has 2 rings (SSSR count). The van der Waals surface area contributed by atoms with Crippen LogP contribution in [0.5, 0.6) is 11.5 Å². The molecule has 2 nitrogen and oxygen atoms in total. The molecule has 0 aliphatic rings. The van der Waals surface area contributed by atoms with E-state index in [-0.39, 0.29) is 5.82 Å². The predicted molar refractivity (Wildman–Crippen MR) is 78.0 cm³/mol. The van der Waals surface area contributed by atoms with Gasteiger partial charge in [-0.15, -0.1) is 11.6 Å². The summed E-state index contributed by atoms with van der Waals surface area (Å²) in [4.78, 5) is 0. The lowest BCUT2D eigenvalue weighted by Gasteiger charge is -2.12. The highest BCUT2D eigenvalue weighted by molar-refractivity contribution is 6.17. The molecule has 0 spiro atoms. The van der Waals surface area contributed by atoms with E-state index in [1.54, 1.807) is 13.2 Å². The number of ether oxygens (including phenoxy) is 2. The fourth-order valence-corrected chi connectivity index (χ4v) is 2.09. The molecular formula is C16H16ClFO2. The van der Waals surface area contributed by atoms with E-state index in [2.05, 4.69) is 0 Å². The van der Waals surface area contributed by atoms with E-state index in [4.69, 9.17) is 21.1 Å². The Morgan fingerprint density at radius 2 is 1.90 bits per heavy atom. The minimum atomic E-state index is -0.263. The van der Waals surface area contributed by atoms with Crippen molar-refractivity contribution in [1.82, 2.24) is 0 Å². The van der Waals surface area contributed by atoms with Crippen molar-refractivity contribution >= 4 is 11.6 Å². The Morgan fingerprint density at radius 3 is 2.60 bits per heavy atom. The molecule has 0 amide bonds. The number of hydrogen-bond acceptors (Lipinski definition) is 2. The minimum Gasteiger partial charge on any atom is -0.497 e. The van der Waals surface area contributed by atoms with Gasteiger partial charge in [0.2, 0.25) is 0 Å². The van der Waals surface area contributed by atoms with Gasteiger partial charge in [0.1, 0.15) is 23.9 Å². The molecule has 0 aromatic heterocycles. The second-order valence-electron chi connectivity index (χ2n) is 4.47. The molecule has 0 aliphatic heterocycles. The van der Waals surface area contributed by atoms with Crippen LogP contribution in [0, 0.1) is 12.7 Å². The van der Waals surface area contributed by atoms with E-state index in [9.17, 15) is 4.39 Å². The largest absolute Gasteiger partial charge is 0.497 e. The lowest BCUT2D eigenvalue weighted by atomic mass is 10.1. The van der Waals surface area contributed by atoms with Crippen LogP contribution in [-0.2, 0) is 12.5 Å². The molecule has 2 aromatic carbocycles. The Morgan fingerprint density at radius 1 is 1.10 bits per heavy atom. The van der Waals surface area contributed by atoms with E-state index < -0.39 is 0 Å². The van der Waals surface area contributed by atoms with Crippen LogP contribution in [0.2, 0.25) is 0 Å². The van der Waals surface area contributed by atoms with Crippen molar-refractivity contribution in [2.75, 3.05) is 7.11 Å². The van der Waals surface area contributed by atoms with Crippen LogP contribution in [0.25, 0.3) is 0 Å². The Kier molecular flexibility index (Phi) is 4.85. The van der Waals surface area contributed by atoms with Gasteiger partial charge in [-0.3, -0.25) is 0 Å². The molecule has 106 valence electrons. The maximum absolute atomic E-state index is 13.2. The molecule has 4 heteroatoms. The van der Waals surface area contributed by atoms with Crippen LogP contribution in [-0.4, -0.2) is 7.11 Å². The van der Waals surface area contributed by atoms with Gasteiger partial charge in [0.25, 0.3) is 0 Å². The molecule has 0 N–H and O–H groups in total. The Hall–Kier alpha value is -1.74. The number of alkyl halides is 1. The summed E-state index contributed by atoms with van der Waals surface area (Å²) in [5.74, 6) is 1.48. The van der Waals surface area contributed by atoms with Gasteiger partial charge >= 0.3 is 0 Å². The zero-order valence-corrected chi connectivity index (χ0v) is 12.2. The summed E-state index contributed by atoms with van der Waals surface area (Å²) in [5.41, 5.74) is 2.66. The molecular weight excluding hydrogens is 279 g/mol. The predicted octanol–water partition coefficient (Wildman–Crippen LogP) is 4.46. The van der Waals surface area contributed by atoms with Gasteiger partial charge in [0.15, 0.2) is 0 Å². The Balaban J connectivity index is 2.16. The molecule has 2 aromatic rings. The summed E-state index contributed by atoms with van der Waals surface area (Å²) in [6, 6.07) is 10.1. The third-order valence-electron chi connectivity index (χ3n) is 3.11. The quantitative estimate of drug-likeness (QED) is 0.758. The SMILES string of the molecule is COc1ccc(OCc2cc(F)ccc2C)c(CCl)c1. The lowest BCUT2D eigenvalue weighted by Crippen LogP contribution is -2.01. The molecule has 0 heterocycles. The highest BCUT2D eigenvalue weighted by atomic mass is 35.5. The zero-order chi connectivity index (χ0) is 14.5. The van der Waals surface area contributed by atoms with Gasteiger partial charge in [-0.25, -0.2) is 4.39 Å². The first-order valence-electron chi connectivity index (χ1n) is 6.24. The zero-order valence-electron chi connectivity index (χ0n) is 11.5. The van der Waals surface area contributed by atoms with Crippen LogP contribution in [0.15, 0.2) is 36.4 Å². The van der Waals surface area contributed by atoms with E-state index in [1.807, 2.05) is 25.1 Å². The minimum absolute atomic E-state index is 0.263. The van der Waals surface area contributed by atoms with Gasteiger partial charge in [-0.05, 0) is 48.4 Å². The number of halogens is 2. The second kappa shape index (κ2) is 6.62. The van der Waals surface area contributed by atoms with Gasteiger partial charge in [-0.2, -0.15) is 0 Å². The Labute approximate surface area is 123 Å². The first-order valence-corrected chi connectivity index (χ1v) is 6.78. The van der Waals surface area contributed by atoms with Crippen LogP contribution < -0.4 is 9.47 Å². The van der Waals surface area contributed by atoms with Gasteiger partial charge in [-0.1, -0.05) is 6.07 Å². The molecule has 0 fully saturated rings. The number of aryl methyl sites for hydroxylation is 1. The van der Waals surface area contributed by atoms with Crippen molar-refractivity contribution in [3.8, 4) is 11.5 Å². The van der Waals surface area contributed by atoms with Crippen molar-refractivity contribution in [1.29, 1.82) is 0 Å². The van der Waals surface area contributed by atoms with Gasteiger partial charge < -0.3 is 9.47 Å². The van der Waals surface area contributed by atoms with Crippen molar-refractivity contribution < 1.29 is 13.9 Å². The van der Waals surface area contributed by atoms with Gasteiger partial charge in [0.05, 0.1) is 13.0 Å². The van der Waals surface area contributed by atoms with E-state index in [0.717, 1.165) is 22.4 Å². The Bertz CT molecular complexity index is 599. The summed E-state index contributed by atoms with van der Waals surface area (Å²) in [7, 11) is 1.60. The first kappa shape index (κ1) is 14.7. The molecule has 0 saturated carbocycles. The molecule has 0 aliphatic carbocycles. The molecule has 0 unspecified atom stereocenters. The van der Waals surface area contributed by atoms with Crippen LogP contribution in [0.3, 0.4) is 0 Å². The number of methoxy groups -OCH3 is 1. The summed E-state index contributed by atoms with van der Waals surface area (Å²) in [6.07, 6.45) is 0. The number of rotatable bonds is 5. The summed E-state index contributed by atoms with van der Waals surface area (Å²) >= 11 is 5.90. The maximum Gasteiger partial charge on any atom is 0.124 e. The smallest absolute Gasteiger partial charge is 0.124 e. The van der Waals surface area contributed by atoms with Gasteiger partial charge in [0, 0.05) is 5.56 Å². The molecule has 0 saturated heterocycles. The van der Waals surface area contributed by atoms with Crippen molar-refractivity contribution in [3.05, 3.63) is 58.9 Å². The fraction of sp³-hybridized carbons (Fsp3) is 0.250.